The number of halogens is 9. The molecule has 0 unspecified atom stereocenters. The summed E-state index contributed by atoms with van der Waals surface area (Å²) < 4.78 is -3.57. The molecule has 0 heterocycles. The van der Waals surface area contributed by atoms with Crippen molar-refractivity contribution in [1.29, 1.82) is 0 Å². The molecule has 0 saturated carbocycles. The average Bonchev–Trinajstić information content (AvgIpc) is 2.90. The SMILES string of the molecule is CCCCCCc1cccc(C(Br)(Br)C(Br)(Br)C(Br)(Br)C(Br)(Br)Br)c1C(O)(c1ccccc1)c1ccccc1. The Bertz CT molecular complexity index is 1180. The van der Waals surface area contributed by atoms with Crippen LogP contribution in [0.4, 0.5) is 0 Å². The summed E-state index contributed by atoms with van der Waals surface area (Å²) in [5.41, 5.74) is 2.94. The first-order valence-electron chi connectivity index (χ1n) is 12.3. The molecule has 0 aliphatic rings. The molecule has 0 aliphatic carbocycles. The second-order valence-corrected chi connectivity index (χ2v) is 26.4. The highest BCUT2D eigenvalue weighted by Gasteiger charge is 2.66. The molecule has 0 amide bonds. The lowest BCUT2D eigenvalue weighted by Gasteiger charge is -2.48. The molecule has 3 aromatic rings. The Morgan fingerprint density at radius 2 is 1.10 bits per heavy atom. The fourth-order valence-corrected chi connectivity index (χ4v) is 11.0. The normalized spacial score (nSPS) is 13.5. The van der Waals surface area contributed by atoms with Gasteiger partial charge in [-0.25, -0.2) is 0 Å². The standard InChI is InChI=1S/C29H27Br9O/c1-2-3-4-7-13-20-14-12-19-23(26(30,31)27(32,33)28(34,35)29(36,37)38)24(20)25(39,21-15-8-5-9-16-21)22-17-10-6-11-18-22/h5-6,8-12,14-19,39H,2-4,7,13H2,1H3. The van der Waals surface area contributed by atoms with Crippen LogP contribution in [0, 0.1) is 0 Å². The van der Waals surface area contributed by atoms with Crippen LogP contribution in [0.1, 0.15) is 60.4 Å². The van der Waals surface area contributed by atoms with Gasteiger partial charge in [-0.05, 0) is 35.1 Å². The monoisotopic (exact) mass is 1100 g/mol. The zero-order valence-electron chi connectivity index (χ0n) is 20.9. The minimum absolute atomic E-state index is 0.785. The van der Waals surface area contributed by atoms with Crippen molar-refractivity contribution in [2.45, 2.75) is 56.5 Å². The van der Waals surface area contributed by atoms with Gasteiger partial charge in [0.25, 0.3) is 0 Å². The number of hydrogen-bond acceptors (Lipinski definition) is 1. The predicted molar refractivity (Wildman–Crippen MR) is 199 cm³/mol. The first-order chi connectivity index (χ1) is 18.1. The first-order valence-corrected chi connectivity index (χ1v) is 19.4. The van der Waals surface area contributed by atoms with Gasteiger partial charge in [-0.3, -0.25) is 0 Å². The maximum Gasteiger partial charge on any atom is 0.162 e. The number of hydrogen-bond donors (Lipinski definition) is 1. The van der Waals surface area contributed by atoms with Gasteiger partial charge < -0.3 is 5.11 Å². The molecule has 0 saturated heterocycles. The van der Waals surface area contributed by atoms with Crippen molar-refractivity contribution in [2.24, 2.45) is 0 Å². The third kappa shape index (κ3) is 7.27. The minimum atomic E-state index is -1.43. The van der Waals surface area contributed by atoms with E-state index in [2.05, 4.69) is 168 Å². The Kier molecular flexibility index (Phi) is 13.0. The number of alkyl halides is 9. The van der Waals surface area contributed by atoms with E-state index in [4.69, 9.17) is 0 Å². The summed E-state index contributed by atoms with van der Waals surface area (Å²) in [6.07, 6.45) is 5.35. The largest absolute Gasteiger partial charge is 0.376 e. The smallest absolute Gasteiger partial charge is 0.162 e. The zero-order chi connectivity index (χ0) is 29.1. The van der Waals surface area contributed by atoms with Crippen LogP contribution in [-0.2, 0) is 15.3 Å². The fourth-order valence-electron chi connectivity index (χ4n) is 4.60. The molecule has 0 aromatic heterocycles. The van der Waals surface area contributed by atoms with Crippen LogP contribution in [0.2, 0.25) is 0 Å². The second kappa shape index (κ2) is 14.4. The highest BCUT2D eigenvalue weighted by atomic mass is 80.0. The third-order valence-electron chi connectivity index (χ3n) is 6.68. The van der Waals surface area contributed by atoms with Crippen LogP contribution in [0.15, 0.2) is 78.9 Å². The van der Waals surface area contributed by atoms with Crippen LogP contribution in [0.5, 0.6) is 0 Å². The summed E-state index contributed by atoms with van der Waals surface area (Å²) in [5.74, 6) is 0. The molecular weight excluding hydrogens is 1080 g/mol. The summed E-state index contributed by atoms with van der Waals surface area (Å²) >= 11 is 34.8. The summed E-state index contributed by atoms with van der Waals surface area (Å²) in [5, 5.41) is 13.1. The Hall–Kier alpha value is 1.94. The van der Waals surface area contributed by atoms with Crippen molar-refractivity contribution < 1.29 is 5.11 Å². The van der Waals surface area contributed by atoms with Gasteiger partial charge in [-0.1, -0.05) is 248 Å². The number of rotatable bonds is 11. The summed E-state index contributed by atoms with van der Waals surface area (Å²) in [4.78, 5) is 0. The van der Waals surface area contributed by atoms with Crippen molar-refractivity contribution in [2.75, 3.05) is 0 Å². The van der Waals surface area contributed by atoms with Gasteiger partial charge in [-0.2, -0.15) is 0 Å². The molecule has 0 radical (unpaired) electrons. The molecular formula is C29H27Br9O. The first kappa shape index (κ1) is 35.4. The van der Waals surface area contributed by atoms with Crippen LogP contribution in [0.25, 0.3) is 0 Å². The quantitative estimate of drug-likeness (QED) is 0.115. The van der Waals surface area contributed by atoms with Gasteiger partial charge in [0.15, 0.2) is 2.14 Å². The second-order valence-electron chi connectivity index (χ2n) is 9.31. The lowest BCUT2D eigenvalue weighted by molar-refractivity contribution is 0.123. The van der Waals surface area contributed by atoms with Crippen molar-refractivity contribution in [3.05, 3.63) is 107 Å². The van der Waals surface area contributed by atoms with Crippen LogP contribution in [-0.4, -0.2) is 13.7 Å². The zero-order valence-corrected chi connectivity index (χ0v) is 35.2. The van der Waals surface area contributed by atoms with Gasteiger partial charge >= 0.3 is 0 Å². The van der Waals surface area contributed by atoms with Gasteiger partial charge in [-0.15, -0.1) is 0 Å². The molecule has 0 spiro atoms. The van der Waals surface area contributed by atoms with Crippen molar-refractivity contribution in [1.82, 2.24) is 0 Å². The predicted octanol–water partition coefficient (Wildman–Crippen LogP) is 12.8. The van der Waals surface area contributed by atoms with E-state index in [1.54, 1.807) is 0 Å². The fraction of sp³-hybridized carbons (Fsp3) is 0.379. The highest BCUT2D eigenvalue weighted by Crippen LogP contribution is 2.71. The highest BCUT2D eigenvalue weighted by molar-refractivity contribution is 9.42. The van der Waals surface area contributed by atoms with E-state index < -0.39 is 17.4 Å². The van der Waals surface area contributed by atoms with Crippen molar-refractivity contribution in [3.63, 3.8) is 0 Å². The van der Waals surface area contributed by atoms with E-state index in [0.717, 1.165) is 47.1 Å². The van der Waals surface area contributed by atoms with E-state index in [0.29, 0.717) is 0 Å². The van der Waals surface area contributed by atoms with Crippen LogP contribution in [0.3, 0.4) is 0 Å². The van der Waals surface area contributed by atoms with Crippen LogP contribution >= 0.6 is 143 Å². The number of aryl methyl sites for hydroxylation is 1. The topological polar surface area (TPSA) is 20.2 Å². The summed E-state index contributed by atoms with van der Waals surface area (Å²) in [6.45, 7) is 2.22. The summed E-state index contributed by atoms with van der Waals surface area (Å²) in [7, 11) is 0. The number of unbranched alkanes of at least 4 members (excludes halogenated alkanes) is 3. The van der Waals surface area contributed by atoms with E-state index in [9.17, 15) is 5.11 Å². The van der Waals surface area contributed by atoms with E-state index >= 15 is 0 Å². The molecule has 39 heavy (non-hydrogen) atoms. The number of aliphatic hydroxyl groups is 1. The van der Waals surface area contributed by atoms with Gasteiger partial charge in [0.1, 0.15) is 15.3 Å². The maximum atomic E-state index is 13.1. The molecule has 0 atom stereocenters. The molecule has 1 nitrogen and oxygen atoms in total. The van der Waals surface area contributed by atoms with E-state index in [1.165, 1.54) is 12.8 Å². The van der Waals surface area contributed by atoms with E-state index in [-0.39, 0.29) is 0 Å². The molecule has 1 N–H and O–H groups in total. The Morgan fingerprint density at radius 3 is 1.56 bits per heavy atom. The third-order valence-corrected chi connectivity index (χ3v) is 22.7. The van der Waals surface area contributed by atoms with Crippen LogP contribution < -0.4 is 0 Å². The summed E-state index contributed by atoms with van der Waals surface area (Å²) in [6, 6.07) is 26.0. The molecule has 10 heteroatoms. The molecule has 3 aromatic carbocycles. The number of benzene rings is 3. The van der Waals surface area contributed by atoms with Crippen molar-refractivity contribution in [3.8, 4) is 0 Å². The maximum absolute atomic E-state index is 13.1. The molecule has 0 bridgehead atoms. The molecule has 3 rings (SSSR count). The Labute approximate surface area is 307 Å². The van der Waals surface area contributed by atoms with E-state index in [1.807, 2.05) is 60.7 Å². The lowest BCUT2D eigenvalue weighted by atomic mass is 9.74. The van der Waals surface area contributed by atoms with Gasteiger partial charge in [0.2, 0.25) is 0 Å². The lowest BCUT2D eigenvalue weighted by Crippen LogP contribution is -2.53. The van der Waals surface area contributed by atoms with Gasteiger partial charge in [0, 0.05) is 5.56 Å². The molecule has 212 valence electrons. The van der Waals surface area contributed by atoms with Gasteiger partial charge in [0.05, 0.1) is 0 Å². The van der Waals surface area contributed by atoms with Crippen molar-refractivity contribution >= 4 is 143 Å². The molecule has 0 fully saturated rings. The Balaban J connectivity index is 2.40. The molecule has 0 aliphatic heterocycles. The minimum Gasteiger partial charge on any atom is -0.376 e. The Morgan fingerprint density at radius 1 is 0.590 bits per heavy atom. The average molecular weight is 1110 g/mol.